The molecule has 2 nitrogen and oxygen atoms in total. The summed E-state index contributed by atoms with van der Waals surface area (Å²) in [6, 6.07) is 0.538. The summed E-state index contributed by atoms with van der Waals surface area (Å²) in [7, 11) is 0. The first kappa shape index (κ1) is 5.76. The van der Waals surface area contributed by atoms with Crippen LogP contribution in [0.25, 0.3) is 0 Å². The fourth-order valence-electron chi connectivity index (χ4n) is 1.07. The fourth-order valence-corrected chi connectivity index (χ4v) is 1.07. The summed E-state index contributed by atoms with van der Waals surface area (Å²) >= 11 is 0. The minimum atomic E-state index is 0.431. The van der Waals surface area contributed by atoms with Crippen LogP contribution in [0.3, 0.4) is 0 Å². The van der Waals surface area contributed by atoms with Crippen LogP contribution < -0.4 is 5.32 Å². The Morgan fingerprint density at radius 1 is 1.75 bits per heavy atom. The molecule has 1 saturated heterocycles. The first-order chi connectivity index (χ1) is 3.79. The molecular formula is C6H12NO+. The van der Waals surface area contributed by atoms with Crippen molar-refractivity contribution in [2.75, 3.05) is 6.54 Å². The van der Waals surface area contributed by atoms with Gasteiger partial charge in [-0.25, -0.2) is 0 Å². The zero-order valence-electron chi connectivity index (χ0n) is 5.18. The van der Waals surface area contributed by atoms with Crippen molar-refractivity contribution in [2.24, 2.45) is 0 Å². The zero-order chi connectivity index (χ0) is 5.98. The second-order valence-electron chi connectivity index (χ2n) is 2.49. The molecule has 1 heterocycles. The van der Waals surface area contributed by atoms with Crippen LogP contribution in [-0.4, -0.2) is 18.4 Å². The summed E-state index contributed by atoms with van der Waals surface area (Å²) < 4.78 is 0. The zero-order valence-corrected chi connectivity index (χ0v) is 5.18. The lowest BCUT2D eigenvalue weighted by molar-refractivity contribution is -0.688. The molecule has 0 amide bonds. The van der Waals surface area contributed by atoms with Crippen molar-refractivity contribution in [1.82, 2.24) is 0 Å². The molecular weight excluding hydrogens is 102 g/mol. The van der Waals surface area contributed by atoms with Crippen LogP contribution in [0, 0.1) is 0 Å². The largest absolute Gasteiger partial charge is 0.343 e. The van der Waals surface area contributed by atoms with Crippen molar-refractivity contribution in [1.29, 1.82) is 0 Å². The lowest BCUT2D eigenvalue weighted by atomic mass is 10.1. The van der Waals surface area contributed by atoms with E-state index in [9.17, 15) is 4.79 Å². The van der Waals surface area contributed by atoms with Gasteiger partial charge in [0.1, 0.15) is 5.78 Å². The summed E-state index contributed by atoms with van der Waals surface area (Å²) in [4.78, 5) is 10.7. The number of carbonyl (C=O) groups is 1. The minimum Gasteiger partial charge on any atom is -0.343 e. The lowest BCUT2D eigenvalue weighted by Crippen LogP contribution is -2.91. The third-order valence-corrected chi connectivity index (χ3v) is 1.54. The number of hydrogen-bond donors (Lipinski definition) is 1. The Hall–Kier alpha value is -0.370. The van der Waals surface area contributed by atoms with E-state index in [1.54, 1.807) is 0 Å². The Labute approximate surface area is 49.3 Å². The smallest absolute Gasteiger partial charge is 0.144 e. The quantitative estimate of drug-likeness (QED) is 0.444. The van der Waals surface area contributed by atoms with Gasteiger partial charge in [-0.05, 0) is 6.92 Å². The molecule has 2 heteroatoms. The highest BCUT2D eigenvalue weighted by molar-refractivity contribution is 5.79. The van der Waals surface area contributed by atoms with Crippen LogP contribution in [0.1, 0.15) is 19.8 Å². The van der Waals surface area contributed by atoms with Gasteiger partial charge in [0.2, 0.25) is 0 Å². The number of ketones is 1. The Kier molecular flexibility index (Phi) is 1.63. The summed E-state index contributed by atoms with van der Waals surface area (Å²) in [6.45, 7) is 3.09. The molecule has 1 aliphatic rings. The fraction of sp³-hybridized carbons (Fsp3) is 0.833. The van der Waals surface area contributed by atoms with Crippen molar-refractivity contribution in [3.8, 4) is 0 Å². The molecule has 46 valence electrons. The lowest BCUT2D eigenvalue weighted by Gasteiger charge is -2.13. The number of rotatable bonds is 0. The van der Waals surface area contributed by atoms with Crippen molar-refractivity contribution < 1.29 is 10.1 Å². The normalized spacial score (nSPS) is 30.6. The molecule has 1 rings (SSSR count). The van der Waals surface area contributed by atoms with Gasteiger partial charge < -0.3 is 5.32 Å². The molecule has 1 fully saturated rings. The van der Waals surface area contributed by atoms with Crippen molar-refractivity contribution in [2.45, 2.75) is 25.8 Å². The molecule has 0 aromatic carbocycles. The first-order valence-corrected chi connectivity index (χ1v) is 3.14. The number of Topliss-reactive ketones (excluding diaryl/α,β-unsaturated/α-hetero) is 1. The van der Waals surface area contributed by atoms with E-state index in [1.807, 2.05) is 0 Å². The predicted octanol–water partition coefficient (Wildman–Crippen LogP) is -0.699. The van der Waals surface area contributed by atoms with Gasteiger partial charge in [0.25, 0.3) is 0 Å². The van der Waals surface area contributed by atoms with E-state index in [4.69, 9.17) is 0 Å². The van der Waals surface area contributed by atoms with E-state index >= 15 is 0 Å². The SMILES string of the molecule is C[C@H]1CC(=O)CC[NH2+]1. The third-order valence-electron chi connectivity index (χ3n) is 1.54. The van der Waals surface area contributed by atoms with Crippen molar-refractivity contribution in [3.05, 3.63) is 0 Å². The maximum Gasteiger partial charge on any atom is 0.144 e. The molecule has 8 heavy (non-hydrogen) atoms. The van der Waals surface area contributed by atoms with Crippen molar-refractivity contribution >= 4 is 5.78 Å². The van der Waals surface area contributed by atoms with E-state index < -0.39 is 0 Å². The van der Waals surface area contributed by atoms with Crippen LogP contribution in [0.5, 0.6) is 0 Å². The summed E-state index contributed by atoms with van der Waals surface area (Å²) in [5, 5.41) is 2.22. The van der Waals surface area contributed by atoms with Crippen molar-refractivity contribution in [3.63, 3.8) is 0 Å². The number of carbonyl (C=O) groups excluding carboxylic acids is 1. The van der Waals surface area contributed by atoms with Crippen LogP contribution in [0.4, 0.5) is 0 Å². The van der Waals surface area contributed by atoms with Gasteiger partial charge in [0.05, 0.1) is 25.4 Å². The molecule has 1 atom stereocenters. The van der Waals surface area contributed by atoms with Crippen LogP contribution in [0.2, 0.25) is 0 Å². The minimum absolute atomic E-state index is 0.431. The summed E-state index contributed by atoms with van der Waals surface area (Å²) in [5.74, 6) is 0.431. The number of piperidine rings is 1. The van der Waals surface area contributed by atoms with E-state index in [1.165, 1.54) is 0 Å². The monoisotopic (exact) mass is 114 g/mol. The molecule has 0 aromatic heterocycles. The molecule has 1 aliphatic heterocycles. The van der Waals surface area contributed by atoms with E-state index in [0.717, 1.165) is 19.4 Å². The van der Waals surface area contributed by atoms with E-state index in [-0.39, 0.29) is 0 Å². The third kappa shape index (κ3) is 1.30. The summed E-state index contributed by atoms with van der Waals surface area (Å²) in [6.07, 6.45) is 1.56. The molecule has 0 bridgehead atoms. The number of quaternary nitrogens is 1. The van der Waals surface area contributed by atoms with E-state index in [2.05, 4.69) is 12.2 Å². The molecule has 0 aromatic rings. The number of hydrogen-bond acceptors (Lipinski definition) is 1. The maximum absolute atomic E-state index is 10.7. The van der Waals surface area contributed by atoms with Gasteiger partial charge in [-0.3, -0.25) is 4.79 Å². The van der Waals surface area contributed by atoms with Gasteiger partial charge in [-0.1, -0.05) is 0 Å². The Morgan fingerprint density at radius 2 is 2.50 bits per heavy atom. The standard InChI is InChI=1S/C6H11NO/c1-5-4-6(8)2-3-7-5/h5,7H,2-4H2,1H3/p+1/t5-/m0/s1. The average molecular weight is 114 g/mol. The van der Waals surface area contributed by atoms with Gasteiger partial charge in [-0.2, -0.15) is 0 Å². The molecule has 0 unspecified atom stereocenters. The first-order valence-electron chi connectivity index (χ1n) is 3.14. The Bertz CT molecular complexity index is 101. The van der Waals surface area contributed by atoms with Gasteiger partial charge in [0, 0.05) is 0 Å². The second kappa shape index (κ2) is 2.27. The van der Waals surface area contributed by atoms with Crippen LogP contribution >= 0.6 is 0 Å². The highest BCUT2D eigenvalue weighted by Gasteiger charge is 2.16. The van der Waals surface area contributed by atoms with E-state index in [0.29, 0.717) is 11.8 Å². The van der Waals surface area contributed by atoms with Gasteiger partial charge in [-0.15, -0.1) is 0 Å². The summed E-state index contributed by atoms with van der Waals surface area (Å²) in [5.41, 5.74) is 0. The number of nitrogens with two attached hydrogens (primary N) is 1. The second-order valence-corrected chi connectivity index (χ2v) is 2.49. The topological polar surface area (TPSA) is 33.7 Å². The average Bonchev–Trinajstić information content (AvgIpc) is 1.64. The highest BCUT2D eigenvalue weighted by atomic mass is 16.1. The van der Waals surface area contributed by atoms with Gasteiger partial charge >= 0.3 is 0 Å². The molecule has 0 radical (unpaired) electrons. The maximum atomic E-state index is 10.7. The Balaban J connectivity index is 2.34. The molecule has 2 N–H and O–H groups in total. The Morgan fingerprint density at radius 3 is 2.88 bits per heavy atom. The molecule has 0 aliphatic carbocycles. The van der Waals surface area contributed by atoms with Gasteiger partial charge in [0.15, 0.2) is 0 Å². The predicted molar refractivity (Wildman–Crippen MR) is 30.5 cm³/mol. The highest BCUT2D eigenvalue weighted by Crippen LogP contribution is 1.94. The molecule has 0 saturated carbocycles. The van der Waals surface area contributed by atoms with Crippen LogP contribution in [-0.2, 0) is 4.79 Å². The molecule has 0 spiro atoms. The van der Waals surface area contributed by atoms with Crippen LogP contribution in [0.15, 0.2) is 0 Å².